The molecule has 7 heteroatoms. The number of hydrogen-bond acceptors (Lipinski definition) is 1. The summed E-state index contributed by atoms with van der Waals surface area (Å²) in [5, 5.41) is 13.0. The van der Waals surface area contributed by atoms with Crippen LogP contribution in [-0.4, -0.2) is 11.2 Å². The monoisotopic (exact) mass is 772 g/mol. The maximum Gasteiger partial charge on any atom is 0.186 e. The molecule has 0 radical (unpaired) electrons. The smallest absolute Gasteiger partial charge is 0.186 e. The quantitative estimate of drug-likeness (QED) is 0.0852. The van der Waals surface area contributed by atoms with Crippen LogP contribution in [0.15, 0.2) is 73.0 Å². The molecule has 7 aromatic rings. The van der Waals surface area contributed by atoms with Gasteiger partial charge in [-0.15, -0.1) is 11.6 Å². The van der Waals surface area contributed by atoms with Crippen LogP contribution >= 0.6 is 86.9 Å². The van der Waals surface area contributed by atoms with E-state index in [2.05, 4.69) is 112 Å². The summed E-state index contributed by atoms with van der Waals surface area (Å²) in [4.78, 5) is 13.3. The molecule has 1 atom stereocenters. The molecular formula is C30H10Br4Cl2O. The van der Waals surface area contributed by atoms with Crippen LogP contribution in [0.1, 0.15) is 15.9 Å². The Hall–Kier alpha value is -1.47. The van der Waals surface area contributed by atoms with Crippen LogP contribution in [-0.2, 0) is 0 Å². The van der Waals surface area contributed by atoms with E-state index < -0.39 is 5.38 Å². The molecule has 7 aromatic carbocycles. The molecule has 0 bridgehead atoms. The Morgan fingerprint density at radius 3 is 2.08 bits per heavy atom. The molecule has 0 saturated carbocycles. The third-order valence-corrected chi connectivity index (χ3v) is 12.6. The number of carbonyl (C=O) groups excluding carboxylic acids is 1. The van der Waals surface area contributed by atoms with E-state index in [4.69, 9.17) is 23.2 Å². The van der Waals surface area contributed by atoms with E-state index in [-0.39, 0.29) is 5.78 Å². The maximum atomic E-state index is 13.3. The highest BCUT2D eigenvalue weighted by atomic mass is 79.9. The highest BCUT2D eigenvalue weighted by molar-refractivity contribution is 9.15. The summed E-state index contributed by atoms with van der Waals surface area (Å²) < 4.78 is 3.51. The molecule has 0 fully saturated rings. The highest BCUT2D eigenvalue weighted by Gasteiger charge is 2.35. The van der Waals surface area contributed by atoms with E-state index in [1.54, 1.807) is 0 Å². The van der Waals surface area contributed by atoms with Crippen LogP contribution < -0.4 is 0 Å². The molecular weight excluding hydrogens is 767 g/mol. The van der Waals surface area contributed by atoms with Crippen LogP contribution in [0.2, 0.25) is 0 Å². The molecule has 0 spiro atoms. The molecule has 0 saturated heterocycles. The van der Waals surface area contributed by atoms with Gasteiger partial charge in [0, 0.05) is 45.2 Å². The zero-order chi connectivity index (χ0) is 25.5. The number of carbonyl (C=O) groups is 1. The summed E-state index contributed by atoms with van der Waals surface area (Å²) in [7, 11) is 0. The lowest BCUT2D eigenvalue weighted by Crippen LogP contribution is -2.21. The Morgan fingerprint density at radius 2 is 1.30 bits per heavy atom. The van der Waals surface area contributed by atoms with Crippen LogP contribution in [0, 0.1) is 0 Å². The van der Waals surface area contributed by atoms with Crippen molar-refractivity contribution >= 4 is 162 Å². The van der Waals surface area contributed by atoms with Crippen molar-refractivity contribution in [2.24, 2.45) is 0 Å². The molecule has 0 N–H and O–H groups in total. The predicted molar refractivity (Wildman–Crippen MR) is 173 cm³/mol. The first-order valence-electron chi connectivity index (χ1n) is 11.4. The van der Waals surface area contributed by atoms with Gasteiger partial charge >= 0.3 is 0 Å². The normalized spacial score (nSPS) is 16.6. The summed E-state index contributed by atoms with van der Waals surface area (Å²) >= 11 is 28.6. The van der Waals surface area contributed by atoms with Gasteiger partial charge < -0.3 is 0 Å². The van der Waals surface area contributed by atoms with Gasteiger partial charge in [-0.3, -0.25) is 4.79 Å². The third kappa shape index (κ3) is 2.79. The maximum absolute atomic E-state index is 13.3. The summed E-state index contributed by atoms with van der Waals surface area (Å²) in [5.74, 6) is -0.189. The second-order valence-corrected chi connectivity index (χ2v) is 13.5. The molecule has 1 aliphatic rings. The number of rotatable bonds is 0. The number of benzene rings is 7. The molecule has 0 aliphatic heterocycles. The zero-order valence-electron chi connectivity index (χ0n) is 18.4. The van der Waals surface area contributed by atoms with Crippen molar-refractivity contribution in [3.63, 3.8) is 0 Å². The average molecular weight is 777 g/mol. The first-order chi connectivity index (χ1) is 17.8. The van der Waals surface area contributed by atoms with Crippen LogP contribution in [0.4, 0.5) is 0 Å². The van der Waals surface area contributed by atoms with Gasteiger partial charge in [0.1, 0.15) is 5.38 Å². The fourth-order valence-corrected chi connectivity index (χ4v) is 9.57. The molecule has 0 heterocycles. The number of fused-ring (bicyclic) bond motifs is 4. The second-order valence-electron chi connectivity index (χ2n) is 9.46. The minimum atomic E-state index is -0.908. The van der Waals surface area contributed by atoms with Crippen LogP contribution in [0.5, 0.6) is 0 Å². The van der Waals surface area contributed by atoms with Crippen molar-refractivity contribution in [2.75, 3.05) is 0 Å². The van der Waals surface area contributed by atoms with Crippen molar-refractivity contribution < 1.29 is 4.79 Å². The lowest BCUT2D eigenvalue weighted by molar-refractivity contribution is 0.0997. The van der Waals surface area contributed by atoms with E-state index in [1.165, 1.54) is 32.3 Å². The van der Waals surface area contributed by atoms with Gasteiger partial charge in [-0.25, -0.2) is 0 Å². The average Bonchev–Trinajstić information content (AvgIpc) is 2.91. The van der Waals surface area contributed by atoms with Crippen molar-refractivity contribution in [3.05, 3.63) is 84.2 Å². The molecule has 1 aliphatic carbocycles. The van der Waals surface area contributed by atoms with E-state index in [9.17, 15) is 4.79 Å². The number of alkyl halides is 1. The number of allylic oxidation sites excluding steroid dienone is 1. The summed E-state index contributed by atoms with van der Waals surface area (Å²) in [5.41, 5.74) is 1.35. The van der Waals surface area contributed by atoms with Gasteiger partial charge in [0.2, 0.25) is 0 Å². The van der Waals surface area contributed by atoms with Gasteiger partial charge in [0.05, 0.1) is 5.03 Å². The lowest BCUT2D eigenvalue weighted by atomic mass is 9.82. The van der Waals surface area contributed by atoms with Gasteiger partial charge in [0.15, 0.2) is 5.78 Å². The first-order valence-corrected chi connectivity index (χ1v) is 15.4. The predicted octanol–water partition coefficient (Wildman–Crippen LogP) is 11.9. The minimum Gasteiger partial charge on any atom is -0.292 e. The number of Topliss-reactive ketones (excluding diaryl/α,β-unsaturated/α-hetero) is 1. The summed E-state index contributed by atoms with van der Waals surface area (Å²) in [6.45, 7) is 0. The van der Waals surface area contributed by atoms with Gasteiger partial charge in [0.25, 0.3) is 0 Å². The van der Waals surface area contributed by atoms with E-state index in [0.717, 1.165) is 51.3 Å². The highest BCUT2D eigenvalue weighted by Crippen LogP contribution is 2.55. The van der Waals surface area contributed by atoms with Crippen molar-refractivity contribution in [1.29, 1.82) is 0 Å². The zero-order valence-corrected chi connectivity index (χ0v) is 26.3. The minimum absolute atomic E-state index is 0.189. The molecule has 1 nitrogen and oxygen atoms in total. The SMILES string of the molecule is O=C1c2cc3ccc4cc5c6ccccc6cc6c(Br)c(Br)c7c(Br)c(c2C(Br)=C(Cl)C1Cl)c3c4c7c65. The molecule has 0 amide bonds. The van der Waals surface area contributed by atoms with E-state index in [0.29, 0.717) is 15.1 Å². The lowest BCUT2D eigenvalue weighted by Gasteiger charge is -2.26. The number of ketones is 1. The van der Waals surface area contributed by atoms with E-state index in [1.807, 2.05) is 6.07 Å². The van der Waals surface area contributed by atoms with Crippen molar-refractivity contribution in [2.45, 2.75) is 5.38 Å². The molecule has 8 rings (SSSR count). The van der Waals surface area contributed by atoms with E-state index >= 15 is 0 Å². The first kappa shape index (κ1) is 23.4. The number of halogens is 6. The number of hydrogen-bond donors (Lipinski definition) is 0. The van der Waals surface area contributed by atoms with Gasteiger partial charge in [-0.05, 0) is 130 Å². The summed E-state index contributed by atoms with van der Waals surface area (Å²) in [6.07, 6.45) is 0. The largest absolute Gasteiger partial charge is 0.292 e. The summed E-state index contributed by atoms with van der Waals surface area (Å²) in [6, 6.07) is 19.3. The standard InChI is InChI=1S/C30H10Br4Cl2O/c31-24-15-7-10-3-1-2-4-13(10)14-8-11-5-6-12-9-16-20(27(34)28(35)29(36)30(16)37)22-18(12)17(11)21(19(14)15)23(25(22)32)26(24)33/h1-9,29H. The van der Waals surface area contributed by atoms with Gasteiger partial charge in [-0.2, -0.15) is 0 Å². The van der Waals surface area contributed by atoms with Crippen molar-refractivity contribution in [1.82, 2.24) is 0 Å². The Morgan fingerprint density at radius 1 is 0.622 bits per heavy atom. The second kappa shape index (κ2) is 7.80. The fraction of sp³-hybridized carbons (Fsp3) is 0.0333. The fourth-order valence-electron chi connectivity index (χ4n) is 6.19. The molecule has 37 heavy (non-hydrogen) atoms. The molecule has 178 valence electrons. The molecule has 0 aromatic heterocycles. The van der Waals surface area contributed by atoms with Crippen molar-refractivity contribution in [3.8, 4) is 0 Å². The van der Waals surface area contributed by atoms with Gasteiger partial charge in [-0.1, -0.05) is 48.0 Å². The van der Waals surface area contributed by atoms with Crippen LogP contribution in [0.3, 0.4) is 0 Å². The molecule has 1 unspecified atom stereocenters. The Kier molecular flexibility index (Phi) is 4.94. The topological polar surface area (TPSA) is 17.1 Å². The van der Waals surface area contributed by atoms with Crippen LogP contribution in [0.25, 0.3) is 69.1 Å². The Bertz CT molecular complexity index is 2230. The third-order valence-electron chi connectivity index (χ3n) is 7.71. The Balaban J connectivity index is 1.76. The Labute approximate surface area is 253 Å².